The Morgan fingerprint density at radius 2 is 2.00 bits per heavy atom. The van der Waals surface area contributed by atoms with Crippen molar-refractivity contribution in [2.24, 2.45) is 0 Å². The van der Waals surface area contributed by atoms with Crippen LogP contribution in [-0.2, 0) is 28.8 Å². The second-order valence-corrected chi connectivity index (χ2v) is 7.51. The number of rotatable bonds is 6. The first-order valence-electron chi connectivity index (χ1n) is 9.94. The number of alkyl halides is 3. The van der Waals surface area contributed by atoms with Crippen molar-refractivity contribution in [3.05, 3.63) is 82.9 Å². The molecule has 1 aliphatic rings. The molecule has 0 saturated carbocycles. The SMILES string of the molecule is Cc1cc(COC2OCCN(Cc3ncn[nH]3)C2c2ccccc2)cc(C(F)(F)F)c1. The van der Waals surface area contributed by atoms with Crippen molar-refractivity contribution < 1.29 is 22.6 Å². The molecule has 0 spiro atoms. The van der Waals surface area contributed by atoms with E-state index in [2.05, 4.69) is 20.1 Å². The van der Waals surface area contributed by atoms with Crippen LogP contribution in [0.2, 0.25) is 0 Å². The number of aromatic nitrogens is 3. The van der Waals surface area contributed by atoms with Crippen LogP contribution in [0.15, 0.2) is 54.9 Å². The molecule has 2 atom stereocenters. The second kappa shape index (κ2) is 9.17. The topological polar surface area (TPSA) is 63.3 Å². The van der Waals surface area contributed by atoms with Gasteiger partial charge in [-0.1, -0.05) is 42.0 Å². The summed E-state index contributed by atoms with van der Waals surface area (Å²) < 4.78 is 51.5. The Balaban J connectivity index is 1.55. The molecule has 0 radical (unpaired) electrons. The lowest BCUT2D eigenvalue weighted by molar-refractivity contribution is -0.218. The fraction of sp³-hybridized carbons (Fsp3) is 0.364. The molecule has 3 aromatic rings. The van der Waals surface area contributed by atoms with E-state index in [9.17, 15) is 13.2 Å². The maximum absolute atomic E-state index is 13.2. The number of morpholine rings is 1. The molecule has 4 rings (SSSR count). The highest BCUT2D eigenvalue weighted by Crippen LogP contribution is 2.33. The van der Waals surface area contributed by atoms with E-state index in [1.54, 1.807) is 13.0 Å². The molecule has 1 aromatic heterocycles. The molecule has 1 aliphatic heterocycles. The van der Waals surface area contributed by atoms with Crippen LogP contribution < -0.4 is 0 Å². The molecule has 2 heterocycles. The first-order chi connectivity index (χ1) is 14.9. The number of halogens is 3. The molecular weight excluding hydrogens is 409 g/mol. The summed E-state index contributed by atoms with van der Waals surface area (Å²) >= 11 is 0. The zero-order valence-electron chi connectivity index (χ0n) is 17.0. The van der Waals surface area contributed by atoms with Gasteiger partial charge < -0.3 is 9.47 Å². The lowest BCUT2D eigenvalue weighted by Crippen LogP contribution is -2.46. The monoisotopic (exact) mass is 432 g/mol. The third kappa shape index (κ3) is 5.30. The lowest BCUT2D eigenvalue weighted by atomic mass is 10.0. The van der Waals surface area contributed by atoms with Crippen LogP contribution in [-0.4, -0.2) is 39.5 Å². The van der Waals surface area contributed by atoms with Crippen LogP contribution in [0.1, 0.15) is 34.1 Å². The van der Waals surface area contributed by atoms with E-state index in [0.717, 1.165) is 23.5 Å². The van der Waals surface area contributed by atoms with Crippen molar-refractivity contribution in [2.45, 2.75) is 38.6 Å². The fourth-order valence-electron chi connectivity index (χ4n) is 3.81. The summed E-state index contributed by atoms with van der Waals surface area (Å²) in [7, 11) is 0. The average molecular weight is 432 g/mol. The van der Waals surface area contributed by atoms with Gasteiger partial charge in [0.15, 0.2) is 6.29 Å². The predicted octanol–water partition coefficient (Wildman–Crippen LogP) is 4.25. The summed E-state index contributed by atoms with van der Waals surface area (Å²) in [5.74, 6) is 0.718. The summed E-state index contributed by atoms with van der Waals surface area (Å²) in [6.45, 7) is 3.26. The minimum absolute atomic E-state index is 0.00884. The molecule has 0 amide bonds. The van der Waals surface area contributed by atoms with Gasteiger partial charge in [0.1, 0.15) is 12.2 Å². The average Bonchev–Trinajstić information content (AvgIpc) is 3.25. The van der Waals surface area contributed by atoms with E-state index in [4.69, 9.17) is 9.47 Å². The molecule has 31 heavy (non-hydrogen) atoms. The Kier molecular flexibility index (Phi) is 6.35. The van der Waals surface area contributed by atoms with Gasteiger partial charge >= 0.3 is 6.18 Å². The van der Waals surface area contributed by atoms with Gasteiger partial charge in [-0.25, -0.2) is 4.98 Å². The van der Waals surface area contributed by atoms with E-state index in [1.807, 2.05) is 30.3 Å². The maximum atomic E-state index is 13.2. The smallest absolute Gasteiger partial charge is 0.349 e. The number of benzene rings is 2. The Hall–Kier alpha value is -2.75. The van der Waals surface area contributed by atoms with Gasteiger partial charge in [-0.05, 0) is 30.2 Å². The van der Waals surface area contributed by atoms with Crippen molar-refractivity contribution in [1.29, 1.82) is 0 Å². The summed E-state index contributed by atoms with van der Waals surface area (Å²) in [6.07, 6.45) is -3.59. The molecule has 164 valence electrons. The van der Waals surface area contributed by atoms with E-state index in [0.29, 0.717) is 30.8 Å². The number of H-pyrrole nitrogens is 1. The molecule has 1 saturated heterocycles. The third-order valence-corrected chi connectivity index (χ3v) is 5.15. The molecule has 9 heteroatoms. The van der Waals surface area contributed by atoms with Gasteiger partial charge in [0.2, 0.25) is 0 Å². The summed E-state index contributed by atoms with van der Waals surface area (Å²) in [5, 5.41) is 6.76. The molecule has 1 N–H and O–H groups in total. The van der Waals surface area contributed by atoms with Crippen LogP contribution in [0.5, 0.6) is 0 Å². The fourth-order valence-corrected chi connectivity index (χ4v) is 3.81. The summed E-state index contributed by atoms with van der Waals surface area (Å²) in [6, 6.07) is 13.5. The number of ether oxygens (including phenoxy) is 2. The summed E-state index contributed by atoms with van der Waals surface area (Å²) in [4.78, 5) is 6.37. The maximum Gasteiger partial charge on any atom is 0.416 e. The normalized spacial score (nSPS) is 20.1. The molecule has 2 aromatic carbocycles. The van der Waals surface area contributed by atoms with Gasteiger partial charge in [0.05, 0.1) is 31.4 Å². The molecule has 6 nitrogen and oxygen atoms in total. The Morgan fingerprint density at radius 3 is 2.71 bits per heavy atom. The van der Waals surface area contributed by atoms with Gasteiger partial charge in [-0.2, -0.15) is 18.3 Å². The van der Waals surface area contributed by atoms with Gasteiger partial charge in [0.25, 0.3) is 0 Å². The minimum atomic E-state index is -4.40. The number of nitrogens with one attached hydrogen (secondary N) is 1. The van der Waals surface area contributed by atoms with Gasteiger partial charge in [0, 0.05) is 6.54 Å². The predicted molar refractivity (Wildman–Crippen MR) is 107 cm³/mol. The zero-order chi connectivity index (χ0) is 21.8. The number of nitrogens with zero attached hydrogens (tertiary/aromatic N) is 3. The zero-order valence-corrected chi connectivity index (χ0v) is 17.0. The van der Waals surface area contributed by atoms with Gasteiger partial charge in [-0.15, -0.1) is 0 Å². The van der Waals surface area contributed by atoms with Crippen molar-refractivity contribution in [1.82, 2.24) is 20.1 Å². The van der Waals surface area contributed by atoms with Crippen molar-refractivity contribution >= 4 is 0 Å². The standard InChI is InChI=1S/C22H23F3N4O2/c1-15-9-16(11-18(10-15)22(23,24)25)13-31-21-20(17-5-3-2-4-6-17)29(7-8-30-21)12-19-26-14-27-28-19/h2-6,9-11,14,20-21H,7-8,12-13H2,1H3,(H,26,27,28). The lowest BCUT2D eigenvalue weighted by Gasteiger charge is -2.40. The van der Waals surface area contributed by atoms with E-state index >= 15 is 0 Å². The highest BCUT2D eigenvalue weighted by atomic mass is 19.4. The molecule has 1 fully saturated rings. The van der Waals surface area contributed by atoms with Crippen LogP contribution in [0.3, 0.4) is 0 Å². The van der Waals surface area contributed by atoms with Crippen LogP contribution in [0, 0.1) is 6.92 Å². The highest BCUT2D eigenvalue weighted by molar-refractivity contribution is 5.31. The van der Waals surface area contributed by atoms with Crippen LogP contribution in [0.25, 0.3) is 0 Å². The minimum Gasteiger partial charge on any atom is -0.349 e. The Morgan fingerprint density at radius 1 is 1.19 bits per heavy atom. The third-order valence-electron chi connectivity index (χ3n) is 5.15. The largest absolute Gasteiger partial charge is 0.416 e. The molecule has 0 bridgehead atoms. The van der Waals surface area contributed by atoms with Crippen molar-refractivity contribution in [2.75, 3.05) is 13.2 Å². The van der Waals surface area contributed by atoms with E-state index < -0.39 is 18.0 Å². The first-order valence-corrected chi connectivity index (χ1v) is 9.94. The molecular formula is C22H23F3N4O2. The Labute approximate surface area is 178 Å². The summed E-state index contributed by atoms with van der Waals surface area (Å²) in [5.41, 5.74) is 1.30. The van der Waals surface area contributed by atoms with Crippen LogP contribution >= 0.6 is 0 Å². The first kappa shape index (κ1) is 21.5. The second-order valence-electron chi connectivity index (χ2n) is 7.51. The number of aryl methyl sites for hydroxylation is 1. The van der Waals surface area contributed by atoms with Crippen molar-refractivity contribution in [3.8, 4) is 0 Å². The number of hydrogen-bond acceptors (Lipinski definition) is 5. The van der Waals surface area contributed by atoms with Gasteiger partial charge in [-0.3, -0.25) is 10.00 Å². The quantitative estimate of drug-likeness (QED) is 0.631. The van der Waals surface area contributed by atoms with E-state index in [-0.39, 0.29) is 12.6 Å². The van der Waals surface area contributed by atoms with E-state index in [1.165, 1.54) is 6.33 Å². The highest BCUT2D eigenvalue weighted by Gasteiger charge is 2.35. The number of hydrogen-bond donors (Lipinski definition) is 1. The molecule has 0 aliphatic carbocycles. The molecule has 2 unspecified atom stereocenters. The van der Waals surface area contributed by atoms with Crippen molar-refractivity contribution in [3.63, 3.8) is 0 Å². The van der Waals surface area contributed by atoms with Crippen LogP contribution in [0.4, 0.5) is 13.2 Å². The number of aromatic amines is 1. The Bertz CT molecular complexity index is 980.